The molecule has 0 radical (unpaired) electrons. The van der Waals surface area contributed by atoms with Crippen molar-refractivity contribution in [2.75, 3.05) is 24.2 Å². The van der Waals surface area contributed by atoms with Crippen molar-refractivity contribution in [2.24, 2.45) is 5.92 Å². The molecule has 28 heavy (non-hydrogen) atoms. The number of aryl methyl sites for hydroxylation is 1. The second-order valence-corrected chi connectivity index (χ2v) is 8.61. The number of nitrogens with zero attached hydrogens (tertiary/aromatic N) is 2. The minimum atomic E-state index is -0.337. The van der Waals surface area contributed by atoms with Gasteiger partial charge >= 0.3 is 0 Å². The van der Waals surface area contributed by atoms with E-state index >= 15 is 0 Å². The smallest absolute Gasteiger partial charge is 0.238 e. The molecule has 0 bridgehead atoms. The molecule has 1 atom stereocenters. The Hall–Kier alpha value is -2.28. The third-order valence-corrected chi connectivity index (χ3v) is 6.17. The first kappa shape index (κ1) is 20.5. The van der Waals surface area contributed by atoms with Crippen molar-refractivity contribution in [2.45, 2.75) is 38.4 Å². The van der Waals surface area contributed by atoms with E-state index in [9.17, 15) is 9.59 Å². The summed E-state index contributed by atoms with van der Waals surface area (Å²) in [5.74, 6) is 1.93. The summed E-state index contributed by atoms with van der Waals surface area (Å²) < 4.78 is 4.94. The second kappa shape index (κ2) is 9.78. The maximum absolute atomic E-state index is 12.5. The Labute approximate surface area is 170 Å². The summed E-state index contributed by atoms with van der Waals surface area (Å²) in [6.07, 6.45) is 3.15. The molecule has 1 fully saturated rings. The van der Waals surface area contributed by atoms with Gasteiger partial charge in [0.2, 0.25) is 11.8 Å². The molecule has 150 valence electrons. The van der Waals surface area contributed by atoms with Gasteiger partial charge in [0, 0.05) is 19.2 Å². The van der Waals surface area contributed by atoms with E-state index in [2.05, 4.69) is 34.7 Å². The average molecular weight is 402 g/mol. The molecule has 0 aliphatic carbocycles. The average Bonchev–Trinajstić information content (AvgIpc) is 3.11. The van der Waals surface area contributed by atoms with Gasteiger partial charge in [0.25, 0.3) is 0 Å². The van der Waals surface area contributed by atoms with Gasteiger partial charge in [0.1, 0.15) is 5.76 Å². The Morgan fingerprint density at radius 2 is 2.00 bits per heavy atom. The highest BCUT2D eigenvalue weighted by molar-refractivity contribution is 8.01. The molecule has 6 nitrogen and oxygen atoms in total. The maximum atomic E-state index is 12.5. The minimum Gasteiger partial charge on any atom is -0.360 e. The molecule has 7 heteroatoms. The fraction of sp³-hybridized carbons (Fsp3) is 0.476. The Bertz CT molecular complexity index is 785. The summed E-state index contributed by atoms with van der Waals surface area (Å²) >= 11 is 1.35. The number of hydrogen-bond acceptors (Lipinski definition) is 5. The molecule has 1 aromatic heterocycles. The molecule has 1 saturated heterocycles. The standard InChI is InChI=1S/C21H27N3O3S/c1-15-12-19(23-27-15)22-21(26)16(2)28-14-20(25)24-10-8-18(9-11-24)13-17-6-4-3-5-7-17/h3-7,12,16,18H,8-11,13-14H2,1-2H3,(H,22,23,26). The highest BCUT2D eigenvalue weighted by Crippen LogP contribution is 2.23. The van der Waals surface area contributed by atoms with Gasteiger partial charge in [0.15, 0.2) is 5.82 Å². The summed E-state index contributed by atoms with van der Waals surface area (Å²) in [6.45, 7) is 5.17. The highest BCUT2D eigenvalue weighted by Gasteiger charge is 2.24. The van der Waals surface area contributed by atoms with Gasteiger partial charge in [-0.15, -0.1) is 11.8 Å². The Balaban J connectivity index is 1.37. The number of thioether (sulfide) groups is 1. The van der Waals surface area contributed by atoms with E-state index in [1.165, 1.54) is 17.3 Å². The summed E-state index contributed by atoms with van der Waals surface area (Å²) in [4.78, 5) is 26.6. The van der Waals surface area contributed by atoms with Crippen molar-refractivity contribution in [3.05, 3.63) is 47.7 Å². The molecule has 0 saturated carbocycles. The van der Waals surface area contributed by atoms with E-state index in [0.29, 0.717) is 23.2 Å². The Morgan fingerprint density at radius 1 is 1.29 bits per heavy atom. The molecule has 1 N–H and O–H groups in total. The van der Waals surface area contributed by atoms with Crippen LogP contribution in [-0.4, -0.2) is 46.0 Å². The zero-order valence-electron chi connectivity index (χ0n) is 16.4. The van der Waals surface area contributed by atoms with Crippen LogP contribution in [0.15, 0.2) is 40.9 Å². The molecule has 1 aliphatic rings. The van der Waals surface area contributed by atoms with Crippen LogP contribution in [0.1, 0.15) is 31.1 Å². The van der Waals surface area contributed by atoms with Crippen molar-refractivity contribution in [1.29, 1.82) is 0 Å². The number of carbonyl (C=O) groups excluding carboxylic acids is 2. The van der Waals surface area contributed by atoms with Crippen LogP contribution < -0.4 is 5.32 Å². The molecule has 1 aliphatic heterocycles. The molecule has 2 aromatic rings. The van der Waals surface area contributed by atoms with Crippen molar-refractivity contribution >= 4 is 29.4 Å². The third kappa shape index (κ3) is 5.86. The fourth-order valence-corrected chi connectivity index (χ4v) is 4.14. The maximum Gasteiger partial charge on any atom is 0.238 e. The zero-order chi connectivity index (χ0) is 19.9. The van der Waals surface area contributed by atoms with Crippen molar-refractivity contribution in [3.63, 3.8) is 0 Å². The first-order chi connectivity index (χ1) is 13.5. The molecule has 2 heterocycles. The van der Waals surface area contributed by atoms with Crippen LogP contribution in [0.2, 0.25) is 0 Å². The second-order valence-electron chi connectivity index (χ2n) is 7.28. The lowest BCUT2D eigenvalue weighted by atomic mass is 9.90. The van der Waals surface area contributed by atoms with Crippen LogP contribution in [0.5, 0.6) is 0 Å². The van der Waals surface area contributed by atoms with E-state index in [4.69, 9.17) is 4.52 Å². The van der Waals surface area contributed by atoms with Crippen molar-refractivity contribution in [1.82, 2.24) is 10.1 Å². The Morgan fingerprint density at radius 3 is 2.64 bits per heavy atom. The quantitative estimate of drug-likeness (QED) is 0.768. The molecule has 0 spiro atoms. The van der Waals surface area contributed by atoms with E-state index in [1.807, 2.05) is 11.0 Å². The minimum absolute atomic E-state index is 0.111. The normalized spacial score (nSPS) is 16.0. The topological polar surface area (TPSA) is 75.4 Å². The van der Waals surface area contributed by atoms with Gasteiger partial charge in [-0.05, 0) is 44.6 Å². The van der Waals surface area contributed by atoms with Crippen LogP contribution in [0, 0.1) is 12.8 Å². The van der Waals surface area contributed by atoms with Crippen LogP contribution >= 0.6 is 11.8 Å². The lowest BCUT2D eigenvalue weighted by molar-refractivity contribution is -0.129. The number of benzene rings is 1. The van der Waals surface area contributed by atoms with Gasteiger partial charge in [-0.25, -0.2) is 0 Å². The molecule has 2 amide bonds. The van der Waals surface area contributed by atoms with Gasteiger partial charge in [0.05, 0.1) is 11.0 Å². The SMILES string of the molecule is Cc1cc(NC(=O)C(C)SCC(=O)N2CCC(Cc3ccccc3)CC2)no1. The number of rotatable bonds is 7. The van der Waals surface area contributed by atoms with E-state index in [1.54, 1.807) is 19.9 Å². The predicted octanol–water partition coefficient (Wildman–Crippen LogP) is 3.52. The van der Waals surface area contributed by atoms with Crippen LogP contribution in [0.25, 0.3) is 0 Å². The lowest BCUT2D eigenvalue weighted by Gasteiger charge is -2.32. The van der Waals surface area contributed by atoms with Crippen molar-refractivity contribution < 1.29 is 14.1 Å². The number of hydrogen-bond donors (Lipinski definition) is 1. The molecule has 1 aromatic carbocycles. The summed E-state index contributed by atoms with van der Waals surface area (Å²) in [5.41, 5.74) is 1.37. The molecule has 1 unspecified atom stereocenters. The van der Waals surface area contributed by atoms with Crippen LogP contribution in [0.3, 0.4) is 0 Å². The van der Waals surface area contributed by atoms with Gasteiger partial charge in [-0.3, -0.25) is 9.59 Å². The zero-order valence-corrected chi connectivity index (χ0v) is 17.2. The van der Waals surface area contributed by atoms with Crippen LogP contribution in [-0.2, 0) is 16.0 Å². The predicted molar refractivity (Wildman–Crippen MR) is 111 cm³/mol. The highest BCUT2D eigenvalue weighted by atomic mass is 32.2. The molecular formula is C21H27N3O3S. The number of carbonyl (C=O) groups is 2. The van der Waals surface area contributed by atoms with E-state index in [0.717, 1.165) is 32.4 Å². The Kier molecular flexibility index (Phi) is 7.14. The van der Waals surface area contributed by atoms with E-state index in [-0.39, 0.29) is 17.1 Å². The number of anilines is 1. The van der Waals surface area contributed by atoms with Gasteiger partial charge < -0.3 is 14.7 Å². The monoisotopic (exact) mass is 401 g/mol. The van der Waals surface area contributed by atoms with Crippen molar-refractivity contribution in [3.8, 4) is 0 Å². The number of aromatic nitrogens is 1. The summed E-state index contributed by atoms with van der Waals surface area (Å²) in [6, 6.07) is 12.2. The fourth-order valence-electron chi connectivity index (χ4n) is 3.35. The number of piperidine rings is 1. The van der Waals surface area contributed by atoms with E-state index < -0.39 is 0 Å². The number of likely N-dealkylation sites (tertiary alicyclic amines) is 1. The van der Waals surface area contributed by atoms with Gasteiger partial charge in [-0.2, -0.15) is 0 Å². The summed E-state index contributed by atoms with van der Waals surface area (Å²) in [7, 11) is 0. The molecular weight excluding hydrogens is 374 g/mol. The summed E-state index contributed by atoms with van der Waals surface area (Å²) in [5, 5.41) is 6.12. The first-order valence-corrected chi connectivity index (χ1v) is 10.7. The van der Waals surface area contributed by atoms with Crippen LogP contribution in [0.4, 0.5) is 5.82 Å². The molecule has 3 rings (SSSR count). The van der Waals surface area contributed by atoms with Gasteiger partial charge in [-0.1, -0.05) is 35.5 Å². The largest absolute Gasteiger partial charge is 0.360 e. The number of nitrogens with one attached hydrogen (secondary N) is 1. The third-order valence-electron chi connectivity index (χ3n) is 5.04. The first-order valence-electron chi connectivity index (χ1n) is 9.68. The number of amides is 2. The lowest BCUT2D eigenvalue weighted by Crippen LogP contribution is -2.40.